The van der Waals surface area contributed by atoms with Crippen molar-refractivity contribution in [1.82, 2.24) is 5.32 Å². The first-order valence-corrected chi connectivity index (χ1v) is 7.37. The molecule has 116 valence electrons. The molecular weight excluding hydrogens is 292 g/mol. The van der Waals surface area contributed by atoms with E-state index >= 15 is 0 Å². The number of halogens is 1. The summed E-state index contributed by atoms with van der Waals surface area (Å²) >= 11 is 5.79. The summed E-state index contributed by atoms with van der Waals surface area (Å²) in [6.07, 6.45) is 2.48. The Morgan fingerprint density at radius 2 is 1.76 bits per heavy atom. The molecule has 0 unspecified atom stereocenters. The van der Waals surface area contributed by atoms with Gasteiger partial charge in [-0.3, -0.25) is 0 Å². The van der Waals surface area contributed by atoms with E-state index in [0.29, 0.717) is 5.69 Å². The molecule has 1 aromatic rings. The lowest BCUT2D eigenvalue weighted by Crippen LogP contribution is -2.48. The lowest BCUT2D eigenvalue weighted by atomic mass is 9.90. The van der Waals surface area contributed by atoms with Crippen LogP contribution >= 0.6 is 11.6 Å². The van der Waals surface area contributed by atoms with E-state index in [1.165, 1.54) is 12.1 Å². The summed E-state index contributed by atoms with van der Waals surface area (Å²) < 4.78 is 0. The summed E-state index contributed by atoms with van der Waals surface area (Å²) in [4.78, 5) is 23.1. The van der Waals surface area contributed by atoms with E-state index in [1.54, 1.807) is 6.07 Å². The van der Waals surface area contributed by atoms with Crippen LogP contribution < -0.4 is 10.6 Å². The maximum atomic E-state index is 12.1. The third-order valence-electron chi connectivity index (χ3n) is 3.86. The summed E-state index contributed by atoms with van der Waals surface area (Å²) in [5.41, 5.74) is 0.111. The van der Waals surface area contributed by atoms with Gasteiger partial charge in [-0.1, -0.05) is 32.4 Å². The van der Waals surface area contributed by atoms with Gasteiger partial charge in [0.1, 0.15) is 0 Å². The topological polar surface area (TPSA) is 78.4 Å². The molecule has 0 heterocycles. The maximum Gasteiger partial charge on any atom is 0.337 e. The fraction of sp³-hybridized carbons (Fsp3) is 0.467. The minimum Gasteiger partial charge on any atom is -0.478 e. The van der Waals surface area contributed by atoms with Crippen LogP contribution in [0.2, 0.25) is 5.02 Å². The number of rotatable bonds is 6. The third kappa shape index (κ3) is 4.36. The zero-order valence-electron chi connectivity index (χ0n) is 12.5. The Hall–Kier alpha value is -1.75. The SMILES string of the molecule is CCC(CC)(CC)NC(=O)Nc1ccc(Cl)c(C(=O)O)c1. The summed E-state index contributed by atoms with van der Waals surface area (Å²) in [6.45, 7) is 6.08. The van der Waals surface area contributed by atoms with Crippen LogP contribution in [0.5, 0.6) is 0 Å². The number of urea groups is 1. The molecule has 0 aliphatic carbocycles. The molecule has 6 heteroatoms. The number of anilines is 1. The van der Waals surface area contributed by atoms with Gasteiger partial charge in [0.05, 0.1) is 10.6 Å². The first-order chi connectivity index (χ1) is 9.87. The summed E-state index contributed by atoms with van der Waals surface area (Å²) in [5.74, 6) is -1.13. The smallest absolute Gasteiger partial charge is 0.337 e. The van der Waals surface area contributed by atoms with E-state index in [-0.39, 0.29) is 22.2 Å². The zero-order valence-corrected chi connectivity index (χ0v) is 13.3. The molecule has 0 radical (unpaired) electrons. The second kappa shape index (κ2) is 7.31. The Morgan fingerprint density at radius 3 is 2.24 bits per heavy atom. The molecule has 0 atom stereocenters. The van der Waals surface area contributed by atoms with E-state index in [0.717, 1.165) is 19.3 Å². The van der Waals surface area contributed by atoms with E-state index in [4.69, 9.17) is 16.7 Å². The number of carboxylic acid groups (broad SMARTS) is 1. The number of nitrogens with one attached hydrogen (secondary N) is 2. The number of amides is 2. The van der Waals surface area contributed by atoms with Crippen molar-refractivity contribution < 1.29 is 14.7 Å². The second-order valence-electron chi connectivity index (χ2n) is 4.92. The minimum atomic E-state index is -1.13. The van der Waals surface area contributed by atoms with Gasteiger partial charge in [-0.2, -0.15) is 0 Å². The molecule has 0 saturated heterocycles. The van der Waals surface area contributed by atoms with Crippen molar-refractivity contribution in [3.8, 4) is 0 Å². The molecule has 0 aliphatic rings. The normalized spacial score (nSPS) is 11.0. The van der Waals surface area contributed by atoms with Crippen molar-refractivity contribution >= 4 is 29.3 Å². The molecule has 3 N–H and O–H groups in total. The summed E-state index contributed by atoms with van der Waals surface area (Å²) in [7, 11) is 0. The van der Waals surface area contributed by atoms with Crippen molar-refractivity contribution in [3.63, 3.8) is 0 Å². The van der Waals surface area contributed by atoms with Crippen molar-refractivity contribution in [3.05, 3.63) is 28.8 Å². The first-order valence-electron chi connectivity index (χ1n) is 6.99. The van der Waals surface area contributed by atoms with Crippen LogP contribution in [0, 0.1) is 0 Å². The Kier molecular flexibility index (Phi) is 6.03. The van der Waals surface area contributed by atoms with Gasteiger partial charge in [0, 0.05) is 11.2 Å². The molecule has 0 saturated carbocycles. The largest absolute Gasteiger partial charge is 0.478 e. The Labute approximate surface area is 129 Å². The molecule has 0 aliphatic heterocycles. The van der Waals surface area contributed by atoms with Crippen molar-refractivity contribution in [2.24, 2.45) is 0 Å². The van der Waals surface area contributed by atoms with Gasteiger partial charge in [0.2, 0.25) is 0 Å². The Balaban J connectivity index is 2.84. The molecule has 1 aromatic carbocycles. The quantitative estimate of drug-likeness (QED) is 0.739. The highest BCUT2D eigenvalue weighted by molar-refractivity contribution is 6.33. The van der Waals surface area contributed by atoms with Crippen LogP contribution in [-0.4, -0.2) is 22.6 Å². The fourth-order valence-corrected chi connectivity index (χ4v) is 2.38. The predicted molar refractivity (Wildman–Crippen MR) is 84.2 cm³/mol. The molecule has 21 heavy (non-hydrogen) atoms. The predicted octanol–water partition coefficient (Wildman–Crippen LogP) is 4.13. The Bertz CT molecular complexity index is 519. The van der Waals surface area contributed by atoms with Crippen molar-refractivity contribution in [1.29, 1.82) is 0 Å². The van der Waals surface area contributed by atoms with Gasteiger partial charge in [0.25, 0.3) is 0 Å². The average molecular weight is 313 g/mol. The minimum absolute atomic E-state index is 0.0396. The van der Waals surface area contributed by atoms with Gasteiger partial charge < -0.3 is 15.7 Å². The van der Waals surface area contributed by atoms with Gasteiger partial charge >= 0.3 is 12.0 Å². The van der Waals surface area contributed by atoms with Crippen LogP contribution in [0.1, 0.15) is 50.4 Å². The third-order valence-corrected chi connectivity index (χ3v) is 4.19. The Morgan fingerprint density at radius 1 is 1.19 bits per heavy atom. The summed E-state index contributed by atoms with van der Waals surface area (Å²) in [6, 6.07) is 4.02. The van der Waals surface area contributed by atoms with Crippen molar-refractivity contribution in [2.45, 2.75) is 45.6 Å². The van der Waals surface area contributed by atoms with Gasteiger partial charge in [-0.15, -0.1) is 0 Å². The molecule has 0 aromatic heterocycles. The summed E-state index contributed by atoms with van der Waals surface area (Å²) in [5, 5.41) is 14.8. The van der Waals surface area contributed by atoms with Gasteiger partial charge in [0.15, 0.2) is 0 Å². The van der Waals surface area contributed by atoms with E-state index < -0.39 is 5.97 Å². The van der Waals surface area contributed by atoms with Gasteiger partial charge in [-0.25, -0.2) is 9.59 Å². The van der Waals surface area contributed by atoms with Crippen LogP contribution in [0.25, 0.3) is 0 Å². The highest BCUT2D eigenvalue weighted by Gasteiger charge is 2.25. The molecule has 0 fully saturated rings. The molecule has 5 nitrogen and oxygen atoms in total. The average Bonchev–Trinajstić information content (AvgIpc) is 2.46. The highest BCUT2D eigenvalue weighted by Crippen LogP contribution is 2.22. The highest BCUT2D eigenvalue weighted by atomic mass is 35.5. The molecular formula is C15H21ClN2O3. The van der Waals surface area contributed by atoms with Gasteiger partial charge in [-0.05, 0) is 37.5 Å². The molecule has 2 amide bonds. The van der Waals surface area contributed by atoms with Crippen LogP contribution in [0.4, 0.5) is 10.5 Å². The fourth-order valence-electron chi connectivity index (χ4n) is 2.19. The zero-order chi connectivity index (χ0) is 16.0. The van der Waals surface area contributed by atoms with Crippen LogP contribution in [0.3, 0.4) is 0 Å². The van der Waals surface area contributed by atoms with E-state index in [1.807, 2.05) is 20.8 Å². The van der Waals surface area contributed by atoms with Crippen LogP contribution in [-0.2, 0) is 0 Å². The number of hydrogen-bond acceptors (Lipinski definition) is 2. The monoisotopic (exact) mass is 312 g/mol. The second-order valence-corrected chi connectivity index (χ2v) is 5.33. The van der Waals surface area contributed by atoms with E-state index in [9.17, 15) is 9.59 Å². The number of carboxylic acids is 1. The number of benzene rings is 1. The van der Waals surface area contributed by atoms with Crippen LogP contribution in [0.15, 0.2) is 18.2 Å². The number of carbonyl (C=O) groups is 2. The number of aromatic carboxylic acids is 1. The maximum absolute atomic E-state index is 12.1. The molecule has 1 rings (SSSR count). The number of hydrogen-bond donors (Lipinski definition) is 3. The van der Waals surface area contributed by atoms with Crippen molar-refractivity contribution in [2.75, 3.05) is 5.32 Å². The van der Waals surface area contributed by atoms with E-state index in [2.05, 4.69) is 10.6 Å². The molecule has 0 spiro atoms. The number of carbonyl (C=O) groups excluding carboxylic acids is 1. The standard InChI is InChI=1S/C15H21ClN2O3/c1-4-15(5-2,6-3)18-14(21)17-10-7-8-12(16)11(9-10)13(19)20/h7-9H,4-6H2,1-3H3,(H,19,20)(H2,17,18,21). The molecule has 0 bridgehead atoms. The lowest BCUT2D eigenvalue weighted by Gasteiger charge is -2.31. The lowest BCUT2D eigenvalue weighted by molar-refractivity contribution is 0.0697. The first kappa shape index (κ1) is 17.3.